The predicted octanol–water partition coefficient (Wildman–Crippen LogP) is 6.38. The summed E-state index contributed by atoms with van der Waals surface area (Å²) in [6.45, 7) is 1.98. The largest absolute Gasteiger partial charge is 0.497 e. The maximum atomic E-state index is 13.7. The van der Waals surface area contributed by atoms with Crippen molar-refractivity contribution in [2.75, 3.05) is 26.8 Å². The lowest BCUT2D eigenvalue weighted by atomic mass is 10.00. The van der Waals surface area contributed by atoms with Crippen molar-refractivity contribution in [2.45, 2.75) is 28.9 Å². The molecular formula is C31H33NO4S2. The van der Waals surface area contributed by atoms with Crippen LogP contribution in [0.15, 0.2) is 102 Å². The van der Waals surface area contributed by atoms with Crippen LogP contribution in [0, 0.1) is 5.92 Å². The topological polar surface area (TPSA) is 55.8 Å². The van der Waals surface area contributed by atoms with Crippen LogP contribution in [-0.4, -0.2) is 44.8 Å². The Bertz CT molecular complexity index is 1440. The van der Waals surface area contributed by atoms with Crippen molar-refractivity contribution < 1.29 is 17.9 Å². The first-order valence-electron chi connectivity index (χ1n) is 12.9. The lowest BCUT2D eigenvalue weighted by Gasteiger charge is -2.37. The predicted molar refractivity (Wildman–Crippen MR) is 155 cm³/mol. The van der Waals surface area contributed by atoms with Gasteiger partial charge in [-0.05, 0) is 52.6 Å². The van der Waals surface area contributed by atoms with Gasteiger partial charge in [0, 0.05) is 30.0 Å². The molecule has 4 aromatic rings. The minimum absolute atomic E-state index is 0.0888. The van der Waals surface area contributed by atoms with E-state index in [-0.39, 0.29) is 5.92 Å². The Morgan fingerprint density at radius 3 is 2.37 bits per heavy atom. The number of nitrogens with zero attached hydrogens (tertiary/aromatic N) is 1. The number of ether oxygens (including phenoxy) is 2. The Morgan fingerprint density at radius 1 is 0.868 bits per heavy atom. The Morgan fingerprint density at radius 2 is 1.61 bits per heavy atom. The van der Waals surface area contributed by atoms with Gasteiger partial charge in [-0.25, -0.2) is 8.42 Å². The van der Waals surface area contributed by atoms with Crippen LogP contribution in [0.3, 0.4) is 0 Å². The van der Waals surface area contributed by atoms with E-state index in [1.165, 1.54) is 5.56 Å². The molecule has 0 radical (unpaired) electrons. The van der Waals surface area contributed by atoms with Gasteiger partial charge in [0.1, 0.15) is 5.75 Å². The molecule has 4 aromatic carbocycles. The second-order valence-corrected chi connectivity index (χ2v) is 12.8. The van der Waals surface area contributed by atoms with Gasteiger partial charge in [0.15, 0.2) is 0 Å². The maximum absolute atomic E-state index is 13.7. The molecule has 2 atom stereocenters. The lowest BCUT2D eigenvalue weighted by Crippen LogP contribution is -2.46. The van der Waals surface area contributed by atoms with Gasteiger partial charge in [-0.1, -0.05) is 72.8 Å². The van der Waals surface area contributed by atoms with E-state index in [2.05, 4.69) is 12.1 Å². The van der Waals surface area contributed by atoms with Gasteiger partial charge >= 0.3 is 0 Å². The second kappa shape index (κ2) is 12.3. The highest BCUT2D eigenvalue weighted by Crippen LogP contribution is 2.34. The van der Waals surface area contributed by atoms with E-state index in [0.717, 1.165) is 34.3 Å². The van der Waals surface area contributed by atoms with Crippen LogP contribution in [0.2, 0.25) is 0 Å². The highest BCUT2D eigenvalue weighted by atomic mass is 32.2. The van der Waals surface area contributed by atoms with Gasteiger partial charge < -0.3 is 9.47 Å². The molecule has 0 aliphatic carbocycles. The Kier molecular flexibility index (Phi) is 8.69. The van der Waals surface area contributed by atoms with Crippen molar-refractivity contribution in [1.82, 2.24) is 4.31 Å². The molecular weight excluding hydrogens is 514 g/mol. The zero-order valence-corrected chi connectivity index (χ0v) is 23.2. The smallest absolute Gasteiger partial charge is 0.243 e. The van der Waals surface area contributed by atoms with Crippen molar-refractivity contribution in [3.63, 3.8) is 0 Å². The van der Waals surface area contributed by atoms with E-state index in [9.17, 15) is 8.42 Å². The third kappa shape index (κ3) is 6.41. The van der Waals surface area contributed by atoms with Gasteiger partial charge in [-0.3, -0.25) is 0 Å². The number of fused-ring (bicyclic) bond motifs is 1. The zero-order chi connectivity index (χ0) is 26.4. The van der Waals surface area contributed by atoms with Crippen molar-refractivity contribution in [2.24, 2.45) is 5.92 Å². The molecule has 0 spiro atoms. The summed E-state index contributed by atoms with van der Waals surface area (Å²) in [4.78, 5) is 0.351. The fraction of sp³-hybridized carbons (Fsp3) is 0.290. The third-order valence-electron chi connectivity index (χ3n) is 7.05. The number of benzene rings is 4. The SMILES string of the molecule is COc1ccc(CS[C@H]2CCN(S(=O)(=O)c3ccc4ccccc4c3)C[C@H]2COCc2ccccc2)cc1. The van der Waals surface area contributed by atoms with Gasteiger partial charge in [0.25, 0.3) is 0 Å². The fourth-order valence-electron chi connectivity index (χ4n) is 4.88. The van der Waals surface area contributed by atoms with Crippen molar-refractivity contribution in [3.05, 3.63) is 108 Å². The first-order valence-corrected chi connectivity index (χ1v) is 15.4. The van der Waals surface area contributed by atoms with Crippen molar-refractivity contribution in [1.29, 1.82) is 0 Å². The summed E-state index contributed by atoms with van der Waals surface area (Å²) < 4.78 is 40.4. The van der Waals surface area contributed by atoms with Gasteiger partial charge in [-0.2, -0.15) is 16.1 Å². The van der Waals surface area contributed by atoms with E-state index >= 15 is 0 Å². The minimum Gasteiger partial charge on any atom is -0.497 e. The summed E-state index contributed by atoms with van der Waals surface area (Å²) in [7, 11) is -1.94. The molecule has 0 amide bonds. The molecule has 1 aliphatic heterocycles. The Labute approximate surface area is 229 Å². The Hall–Kier alpha value is -2.84. The van der Waals surface area contributed by atoms with E-state index in [0.29, 0.717) is 36.4 Å². The lowest BCUT2D eigenvalue weighted by molar-refractivity contribution is 0.0698. The first-order chi connectivity index (χ1) is 18.5. The molecule has 1 fully saturated rings. The summed E-state index contributed by atoms with van der Waals surface area (Å²) in [5.41, 5.74) is 2.34. The van der Waals surface area contributed by atoms with E-state index in [1.54, 1.807) is 23.5 Å². The summed E-state index contributed by atoms with van der Waals surface area (Å²) in [6.07, 6.45) is 0.785. The monoisotopic (exact) mass is 547 g/mol. The maximum Gasteiger partial charge on any atom is 0.243 e. The molecule has 5 nitrogen and oxygen atoms in total. The second-order valence-electron chi connectivity index (χ2n) is 9.62. The van der Waals surface area contributed by atoms with Crippen molar-refractivity contribution in [3.8, 4) is 5.75 Å². The number of piperidine rings is 1. The fourth-order valence-corrected chi connectivity index (χ4v) is 7.73. The number of thioether (sulfide) groups is 1. The van der Waals surface area contributed by atoms with Crippen LogP contribution in [0.4, 0.5) is 0 Å². The summed E-state index contributed by atoms with van der Waals surface area (Å²) in [5, 5.41) is 2.27. The molecule has 198 valence electrons. The number of hydrogen-bond acceptors (Lipinski definition) is 5. The minimum atomic E-state index is -3.61. The molecule has 38 heavy (non-hydrogen) atoms. The van der Waals surface area contributed by atoms with Crippen LogP contribution in [0.25, 0.3) is 10.8 Å². The number of rotatable bonds is 10. The Balaban J connectivity index is 1.30. The molecule has 0 N–H and O–H groups in total. The van der Waals surface area contributed by atoms with E-state index in [1.807, 2.05) is 84.6 Å². The molecule has 5 rings (SSSR count). The van der Waals surface area contributed by atoms with E-state index in [4.69, 9.17) is 9.47 Å². The highest BCUT2D eigenvalue weighted by Gasteiger charge is 2.36. The molecule has 1 saturated heterocycles. The highest BCUT2D eigenvalue weighted by molar-refractivity contribution is 7.99. The molecule has 1 aliphatic rings. The quantitative estimate of drug-likeness (QED) is 0.231. The normalized spacial score (nSPS) is 18.4. The average Bonchev–Trinajstić information content (AvgIpc) is 2.97. The molecule has 0 unspecified atom stereocenters. The van der Waals surface area contributed by atoms with Crippen LogP contribution in [0.5, 0.6) is 5.75 Å². The van der Waals surface area contributed by atoms with Crippen molar-refractivity contribution >= 4 is 32.6 Å². The number of methoxy groups -OCH3 is 1. The summed E-state index contributed by atoms with van der Waals surface area (Å²) >= 11 is 1.89. The summed E-state index contributed by atoms with van der Waals surface area (Å²) in [5.74, 6) is 1.80. The molecule has 0 bridgehead atoms. The number of hydrogen-bond donors (Lipinski definition) is 0. The summed E-state index contributed by atoms with van der Waals surface area (Å²) in [6, 6.07) is 31.5. The molecule has 0 saturated carbocycles. The standard InChI is InChI=1S/C31H33NO4S2/c1-35-29-14-11-25(12-15-29)23-37-31-17-18-32(20-28(31)22-36-21-24-7-3-2-4-8-24)38(33,34)30-16-13-26-9-5-6-10-27(26)19-30/h2-16,19,28,31H,17-18,20-23H2,1H3/t28-,31-/m0/s1. The van der Waals surface area contributed by atoms with Crippen LogP contribution < -0.4 is 4.74 Å². The molecule has 0 aromatic heterocycles. The van der Waals surface area contributed by atoms with Gasteiger partial charge in [-0.15, -0.1) is 0 Å². The number of sulfonamides is 1. The van der Waals surface area contributed by atoms with Crippen LogP contribution >= 0.6 is 11.8 Å². The van der Waals surface area contributed by atoms with Crippen LogP contribution in [0.1, 0.15) is 17.5 Å². The zero-order valence-electron chi connectivity index (χ0n) is 21.5. The van der Waals surface area contributed by atoms with Gasteiger partial charge in [0.05, 0.1) is 25.2 Å². The first kappa shape index (κ1) is 26.8. The molecule has 1 heterocycles. The van der Waals surface area contributed by atoms with E-state index < -0.39 is 10.0 Å². The molecule has 7 heteroatoms. The van der Waals surface area contributed by atoms with Crippen LogP contribution in [-0.2, 0) is 27.1 Å². The van der Waals surface area contributed by atoms with Gasteiger partial charge in [0.2, 0.25) is 10.0 Å². The third-order valence-corrected chi connectivity index (χ3v) is 10.5. The average molecular weight is 548 g/mol.